The lowest BCUT2D eigenvalue weighted by Gasteiger charge is -2.15. The fourth-order valence-corrected chi connectivity index (χ4v) is 0.984. The number of alkyl halides is 3. The van der Waals surface area contributed by atoms with Gasteiger partial charge in [-0.25, -0.2) is 0 Å². The fourth-order valence-electron chi connectivity index (χ4n) is 0.456. The molecule has 0 saturated carbocycles. The minimum Gasteiger partial charge on any atom is -0.263 e. The normalized spacial score (nSPS) is 15.9. The molecule has 3 nitrogen and oxygen atoms in total. The van der Waals surface area contributed by atoms with Gasteiger partial charge < -0.3 is 0 Å². The molecule has 0 N–H and O–H groups in total. The van der Waals surface area contributed by atoms with Gasteiger partial charge in [-0.2, -0.15) is 21.6 Å². The van der Waals surface area contributed by atoms with E-state index in [1.807, 2.05) is 0 Å². The van der Waals surface area contributed by atoms with Gasteiger partial charge in [0.25, 0.3) is 0 Å². The Morgan fingerprint density at radius 2 is 1.64 bits per heavy atom. The number of halogens is 3. The Hall–Kier alpha value is -0.300. The van der Waals surface area contributed by atoms with Crippen LogP contribution in [-0.2, 0) is 14.3 Å². The summed E-state index contributed by atoms with van der Waals surface area (Å²) in [7, 11) is -5.43. The number of rotatable bonds is 4. The molecule has 0 bridgehead atoms. The van der Waals surface area contributed by atoms with Crippen LogP contribution in [0, 0.1) is 11.8 Å². The monoisotopic (exact) mass is 234 g/mol. The van der Waals surface area contributed by atoms with Crippen LogP contribution in [-0.4, -0.2) is 20.5 Å². The van der Waals surface area contributed by atoms with E-state index in [1.165, 1.54) is 0 Å². The summed E-state index contributed by atoms with van der Waals surface area (Å²) < 4.78 is 60.0. The summed E-state index contributed by atoms with van der Waals surface area (Å²) in [6.07, 6.45) is 0. The molecular weight excluding hydrogens is 221 g/mol. The second-order valence-corrected chi connectivity index (χ2v) is 5.01. The second-order valence-electron chi connectivity index (χ2n) is 3.41. The third kappa shape index (κ3) is 3.83. The molecule has 0 heterocycles. The summed E-state index contributed by atoms with van der Waals surface area (Å²) in [5.74, 6) is -0.175. The van der Waals surface area contributed by atoms with Crippen molar-refractivity contribution < 1.29 is 25.8 Å². The largest absolute Gasteiger partial charge is 0.523 e. The highest BCUT2D eigenvalue weighted by Crippen LogP contribution is 2.25. The van der Waals surface area contributed by atoms with Gasteiger partial charge in [-0.3, -0.25) is 4.18 Å². The van der Waals surface area contributed by atoms with E-state index in [9.17, 15) is 21.6 Å². The van der Waals surface area contributed by atoms with Crippen molar-refractivity contribution in [1.29, 1.82) is 0 Å². The highest BCUT2D eigenvalue weighted by atomic mass is 32.2. The Kier molecular flexibility index (Phi) is 4.38. The molecule has 0 aliphatic heterocycles. The average Bonchev–Trinajstić information content (AvgIpc) is 1.97. The minimum atomic E-state index is -5.43. The van der Waals surface area contributed by atoms with Gasteiger partial charge in [-0.15, -0.1) is 0 Å². The fraction of sp³-hybridized carbons (Fsp3) is 1.00. The molecule has 0 saturated heterocycles. The molecule has 0 fully saturated rings. The van der Waals surface area contributed by atoms with Crippen molar-refractivity contribution in [2.24, 2.45) is 11.8 Å². The van der Waals surface area contributed by atoms with Crippen molar-refractivity contribution in [3.63, 3.8) is 0 Å². The molecule has 0 amide bonds. The van der Waals surface area contributed by atoms with Gasteiger partial charge in [0.2, 0.25) is 0 Å². The molecule has 0 aromatic heterocycles. The lowest BCUT2D eigenvalue weighted by atomic mass is 10.00. The molecule has 0 rings (SSSR count). The molecular formula is C7H13F3O3S. The number of hydrogen-bond donors (Lipinski definition) is 0. The summed E-state index contributed by atoms with van der Waals surface area (Å²) in [5, 5.41) is 0. The number of hydrogen-bond acceptors (Lipinski definition) is 3. The zero-order valence-corrected chi connectivity index (χ0v) is 8.95. The average molecular weight is 234 g/mol. The van der Waals surface area contributed by atoms with E-state index < -0.39 is 22.2 Å². The predicted octanol–water partition coefficient (Wildman–Crippen LogP) is 2.14. The van der Waals surface area contributed by atoms with Crippen molar-refractivity contribution in [1.82, 2.24) is 0 Å². The van der Waals surface area contributed by atoms with Crippen LogP contribution in [0.3, 0.4) is 0 Å². The topological polar surface area (TPSA) is 43.4 Å². The maximum Gasteiger partial charge on any atom is 0.523 e. The third-order valence-electron chi connectivity index (χ3n) is 1.91. The summed E-state index contributed by atoms with van der Waals surface area (Å²) in [6, 6.07) is 0. The Morgan fingerprint density at radius 3 is 1.93 bits per heavy atom. The van der Waals surface area contributed by atoms with Crippen LogP contribution in [0.5, 0.6) is 0 Å². The molecule has 14 heavy (non-hydrogen) atoms. The Labute approximate surface area is 81.4 Å². The van der Waals surface area contributed by atoms with E-state index in [4.69, 9.17) is 0 Å². The van der Waals surface area contributed by atoms with Crippen LogP contribution in [0.4, 0.5) is 13.2 Å². The summed E-state index contributed by atoms with van der Waals surface area (Å²) in [4.78, 5) is 0. The highest BCUT2D eigenvalue weighted by Gasteiger charge is 2.47. The third-order valence-corrected chi connectivity index (χ3v) is 2.92. The molecule has 86 valence electrons. The first-order valence-corrected chi connectivity index (χ1v) is 5.44. The van der Waals surface area contributed by atoms with Crippen LogP contribution in [0.1, 0.15) is 20.8 Å². The van der Waals surface area contributed by atoms with Crippen molar-refractivity contribution in [2.45, 2.75) is 26.3 Å². The predicted molar refractivity (Wildman–Crippen MR) is 44.9 cm³/mol. The summed E-state index contributed by atoms with van der Waals surface area (Å²) >= 11 is 0. The van der Waals surface area contributed by atoms with E-state index >= 15 is 0 Å². The Balaban J connectivity index is 4.29. The van der Waals surface area contributed by atoms with E-state index in [0.717, 1.165) is 0 Å². The maximum atomic E-state index is 11.8. The van der Waals surface area contributed by atoms with Gasteiger partial charge in [-0.05, 0) is 11.8 Å². The van der Waals surface area contributed by atoms with Gasteiger partial charge >= 0.3 is 15.6 Å². The molecule has 1 atom stereocenters. The molecule has 0 radical (unpaired) electrons. The van der Waals surface area contributed by atoms with E-state index in [-0.39, 0.29) is 11.8 Å². The lowest BCUT2D eigenvalue weighted by Crippen LogP contribution is -2.28. The standard InChI is InChI=1S/C7H13F3O3S/c1-5(2)6(3)4-13-14(11,12)7(8,9)10/h5-6H,4H2,1-3H3. The molecule has 1 unspecified atom stereocenters. The van der Waals surface area contributed by atoms with Crippen LogP contribution < -0.4 is 0 Å². The molecule has 0 aromatic carbocycles. The first-order chi connectivity index (χ1) is 6.08. The molecule has 0 aliphatic rings. The molecule has 0 spiro atoms. The van der Waals surface area contributed by atoms with Crippen molar-refractivity contribution >= 4 is 10.1 Å². The van der Waals surface area contributed by atoms with Crippen LogP contribution in [0.15, 0.2) is 0 Å². The van der Waals surface area contributed by atoms with E-state index in [1.54, 1.807) is 20.8 Å². The first-order valence-electron chi connectivity index (χ1n) is 4.03. The smallest absolute Gasteiger partial charge is 0.263 e. The first kappa shape index (κ1) is 13.7. The minimum absolute atomic E-state index is 0.0680. The summed E-state index contributed by atoms with van der Waals surface area (Å²) in [5.41, 5.74) is -5.33. The van der Waals surface area contributed by atoms with Gasteiger partial charge in [0.15, 0.2) is 0 Å². The maximum absolute atomic E-state index is 11.8. The van der Waals surface area contributed by atoms with Gasteiger partial charge in [0, 0.05) is 0 Å². The lowest BCUT2D eigenvalue weighted by molar-refractivity contribution is -0.0552. The van der Waals surface area contributed by atoms with Crippen molar-refractivity contribution in [3.05, 3.63) is 0 Å². The van der Waals surface area contributed by atoms with Gasteiger partial charge in [-0.1, -0.05) is 20.8 Å². The van der Waals surface area contributed by atoms with Crippen LogP contribution in [0.25, 0.3) is 0 Å². The van der Waals surface area contributed by atoms with Crippen LogP contribution >= 0.6 is 0 Å². The Morgan fingerprint density at radius 1 is 1.21 bits per heavy atom. The van der Waals surface area contributed by atoms with Crippen molar-refractivity contribution in [2.75, 3.05) is 6.61 Å². The van der Waals surface area contributed by atoms with E-state index in [0.29, 0.717) is 0 Å². The second kappa shape index (κ2) is 4.48. The zero-order valence-electron chi connectivity index (χ0n) is 8.13. The van der Waals surface area contributed by atoms with Gasteiger partial charge in [0.05, 0.1) is 6.61 Å². The van der Waals surface area contributed by atoms with Crippen molar-refractivity contribution in [3.8, 4) is 0 Å². The highest BCUT2D eigenvalue weighted by molar-refractivity contribution is 7.87. The van der Waals surface area contributed by atoms with Crippen LogP contribution in [0.2, 0.25) is 0 Å². The SMILES string of the molecule is CC(C)C(C)COS(=O)(=O)C(F)(F)F. The molecule has 0 aliphatic carbocycles. The Bertz CT molecular complexity index is 268. The summed E-state index contributed by atoms with van der Waals surface area (Å²) in [6.45, 7) is 4.72. The quantitative estimate of drug-likeness (QED) is 0.553. The van der Waals surface area contributed by atoms with Gasteiger partial charge in [0.1, 0.15) is 0 Å². The molecule has 0 aromatic rings. The van der Waals surface area contributed by atoms with E-state index in [2.05, 4.69) is 4.18 Å². The zero-order chi connectivity index (χ0) is 11.6. The molecule has 7 heteroatoms.